The van der Waals surface area contributed by atoms with Crippen LogP contribution in [0.5, 0.6) is 5.75 Å². The number of hydrogen-bond acceptors (Lipinski definition) is 3. The lowest BCUT2D eigenvalue weighted by Gasteiger charge is -2.12. The summed E-state index contributed by atoms with van der Waals surface area (Å²) in [5.74, 6) is 0.597. The zero-order valence-corrected chi connectivity index (χ0v) is 12.6. The van der Waals surface area contributed by atoms with Crippen LogP contribution in [-0.2, 0) is 13.2 Å². The molecule has 2 aromatic rings. The van der Waals surface area contributed by atoms with E-state index in [4.69, 9.17) is 16.3 Å². The van der Waals surface area contributed by atoms with Crippen molar-refractivity contribution >= 4 is 17.9 Å². The number of halogens is 1. The first-order valence-corrected chi connectivity index (χ1v) is 6.85. The molecule has 0 fully saturated rings. The highest BCUT2D eigenvalue weighted by Gasteiger charge is 2.14. The van der Waals surface area contributed by atoms with Gasteiger partial charge in [-0.15, -0.1) is 0 Å². The van der Waals surface area contributed by atoms with Crippen molar-refractivity contribution in [1.82, 2.24) is 9.78 Å². The number of para-hydroxylation sites is 1. The van der Waals surface area contributed by atoms with E-state index in [-0.39, 0.29) is 0 Å². The molecule has 2 rings (SSSR count). The minimum Gasteiger partial charge on any atom is -0.486 e. The largest absolute Gasteiger partial charge is 0.486 e. The Hall–Kier alpha value is -1.81. The Balaban J connectivity index is 2.28. The van der Waals surface area contributed by atoms with Gasteiger partial charge < -0.3 is 4.74 Å². The molecule has 4 nitrogen and oxygen atoms in total. The summed E-state index contributed by atoms with van der Waals surface area (Å²) in [5.41, 5.74) is 3.07. The van der Waals surface area contributed by atoms with E-state index in [2.05, 4.69) is 5.10 Å². The second kappa shape index (κ2) is 6.09. The summed E-state index contributed by atoms with van der Waals surface area (Å²) < 4.78 is 7.62. The topological polar surface area (TPSA) is 44.1 Å². The van der Waals surface area contributed by atoms with Crippen LogP contribution in [-0.4, -0.2) is 16.1 Å². The van der Waals surface area contributed by atoms with Crippen molar-refractivity contribution in [2.75, 3.05) is 0 Å². The molecule has 0 N–H and O–H groups in total. The molecule has 0 radical (unpaired) electrons. The number of ether oxygens (including phenoxy) is 1. The van der Waals surface area contributed by atoms with Crippen LogP contribution < -0.4 is 4.74 Å². The Bertz CT molecular complexity index is 635. The number of benzene rings is 1. The minimum absolute atomic E-state index is 0.291. The lowest BCUT2D eigenvalue weighted by molar-refractivity contribution is 0.111. The van der Waals surface area contributed by atoms with Crippen LogP contribution in [0, 0.1) is 13.8 Å². The summed E-state index contributed by atoms with van der Waals surface area (Å²) in [6.45, 7) is 6.78. The Morgan fingerprint density at radius 2 is 2.15 bits per heavy atom. The van der Waals surface area contributed by atoms with E-state index in [9.17, 15) is 4.79 Å². The molecule has 0 bridgehead atoms. The zero-order valence-electron chi connectivity index (χ0n) is 11.8. The molecule has 5 heteroatoms. The van der Waals surface area contributed by atoms with Gasteiger partial charge in [-0.3, -0.25) is 9.48 Å². The maximum Gasteiger partial charge on any atom is 0.153 e. The SMILES string of the molecule is CCn1nc(C)c(Cl)c1COc1c(C)cccc1C=O. The van der Waals surface area contributed by atoms with Crippen LogP contribution in [0.3, 0.4) is 0 Å². The van der Waals surface area contributed by atoms with Gasteiger partial charge in [0.2, 0.25) is 0 Å². The Morgan fingerprint density at radius 3 is 2.80 bits per heavy atom. The normalized spacial score (nSPS) is 10.6. The first-order valence-electron chi connectivity index (χ1n) is 6.47. The van der Waals surface area contributed by atoms with Crippen LogP contribution in [0.1, 0.15) is 34.2 Å². The van der Waals surface area contributed by atoms with Gasteiger partial charge in [0.25, 0.3) is 0 Å². The summed E-state index contributed by atoms with van der Waals surface area (Å²) in [4.78, 5) is 11.1. The van der Waals surface area contributed by atoms with E-state index in [0.29, 0.717) is 22.9 Å². The highest BCUT2D eigenvalue weighted by Crippen LogP contribution is 2.26. The van der Waals surface area contributed by atoms with Gasteiger partial charge in [0.15, 0.2) is 6.29 Å². The second-order valence-electron chi connectivity index (χ2n) is 4.56. The lowest BCUT2D eigenvalue weighted by atomic mass is 10.1. The van der Waals surface area contributed by atoms with Crippen LogP contribution >= 0.6 is 11.6 Å². The van der Waals surface area contributed by atoms with E-state index in [1.165, 1.54) is 0 Å². The standard InChI is InChI=1S/C15H17ClN2O2/c1-4-18-13(14(16)11(3)17-18)9-20-15-10(2)6-5-7-12(15)8-19/h5-8H,4,9H2,1-3H3. The molecule has 20 heavy (non-hydrogen) atoms. The lowest BCUT2D eigenvalue weighted by Crippen LogP contribution is -2.08. The van der Waals surface area contributed by atoms with E-state index in [1.54, 1.807) is 6.07 Å². The number of aldehydes is 1. The van der Waals surface area contributed by atoms with Gasteiger partial charge >= 0.3 is 0 Å². The second-order valence-corrected chi connectivity index (χ2v) is 4.94. The zero-order chi connectivity index (χ0) is 14.7. The molecule has 1 aromatic carbocycles. The maximum absolute atomic E-state index is 11.1. The van der Waals surface area contributed by atoms with Crippen molar-refractivity contribution in [3.8, 4) is 5.75 Å². The first-order chi connectivity index (χ1) is 9.58. The minimum atomic E-state index is 0.291. The molecule has 0 aliphatic carbocycles. The predicted molar refractivity (Wildman–Crippen MR) is 78.5 cm³/mol. The van der Waals surface area contributed by atoms with Crippen molar-refractivity contribution in [1.29, 1.82) is 0 Å². The Labute approximate surface area is 123 Å². The highest BCUT2D eigenvalue weighted by molar-refractivity contribution is 6.31. The molecular weight excluding hydrogens is 276 g/mol. The van der Waals surface area contributed by atoms with Gasteiger partial charge in [-0.1, -0.05) is 23.7 Å². The first kappa shape index (κ1) is 14.6. The van der Waals surface area contributed by atoms with Crippen LogP contribution in [0.25, 0.3) is 0 Å². The molecular formula is C15H17ClN2O2. The molecule has 0 spiro atoms. The Kier molecular flexibility index (Phi) is 4.45. The molecule has 0 aliphatic heterocycles. The average Bonchev–Trinajstić information content (AvgIpc) is 2.72. The number of aromatic nitrogens is 2. The summed E-state index contributed by atoms with van der Waals surface area (Å²) in [7, 11) is 0. The van der Waals surface area contributed by atoms with Crippen LogP contribution in [0.15, 0.2) is 18.2 Å². The Morgan fingerprint density at radius 1 is 1.40 bits per heavy atom. The van der Waals surface area contributed by atoms with Crippen molar-refractivity contribution in [3.05, 3.63) is 45.7 Å². The van der Waals surface area contributed by atoms with Crippen LogP contribution in [0.4, 0.5) is 0 Å². The van der Waals surface area contributed by atoms with E-state index >= 15 is 0 Å². The molecule has 0 unspecified atom stereocenters. The fourth-order valence-corrected chi connectivity index (χ4v) is 2.30. The summed E-state index contributed by atoms with van der Waals surface area (Å²) in [6.07, 6.45) is 0.798. The van der Waals surface area contributed by atoms with Gasteiger partial charge in [-0.25, -0.2) is 0 Å². The van der Waals surface area contributed by atoms with Gasteiger partial charge in [-0.2, -0.15) is 5.10 Å². The molecule has 0 saturated heterocycles. The van der Waals surface area contributed by atoms with Gasteiger partial charge in [0.05, 0.1) is 22.0 Å². The number of carbonyl (C=O) groups is 1. The number of nitrogens with zero attached hydrogens (tertiary/aromatic N) is 2. The molecule has 1 aromatic heterocycles. The number of aryl methyl sites for hydroxylation is 3. The predicted octanol–water partition coefficient (Wildman–Crippen LogP) is 3.56. The number of carbonyl (C=O) groups excluding carboxylic acids is 1. The maximum atomic E-state index is 11.1. The van der Waals surface area contributed by atoms with Gasteiger partial charge in [0, 0.05) is 6.54 Å². The van der Waals surface area contributed by atoms with Crippen molar-refractivity contribution in [2.24, 2.45) is 0 Å². The number of hydrogen-bond donors (Lipinski definition) is 0. The number of rotatable bonds is 5. The van der Waals surface area contributed by atoms with Crippen LogP contribution in [0.2, 0.25) is 5.02 Å². The highest BCUT2D eigenvalue weighted by atomic mass is 35.5. The molecule has 106 valence electrons. The van der Waals surface area contributed by atoms with Gasteiger partial charge in [0.1, 0.15) is 12.4 Å². The summed E-state index contributed by atoms with van der Waals surface area (Å²) >= 11 is 6.24. The molecule has 0 amide bonds. The monoisotopic (exact) mass is 292 g/mol. The third-order valence-corrected chi connectivity index (χ3v) is 3.67. The molecule has 0 saturated carbocycles. The third kappa shape index (κ3) is 2.70. The molecule has 1 heterocycles. The fourth-order valence-electron chi connectivity index (χ4n) is 2.11. The van der Waals surface area contributed by atoms with E-state index < -0.39 is 0 Å². The average molecular weight is 293 g/mol. The van der Waals surface area contributed by atoms with Crippen molar-refractivity contribution < 1.29 is 9.53 Å². The quantitative estimate of drug-likeness (QED) is 0.791. The third-order valence-electron chi connectivity index (χ3n) is 3.18. The molecule has 0 atom stereocenters. The fraction of sp³-hybridized carbons (Fsp3) is 0.333. The summed E-state index contributed by atoms with van der Waals surface area (Å²) in [5, 5.41) is 4.96. The van der Waals surface area contributed by atoms with E-state index in [0.717, 1.165) is 29.8 Å². The van der Waals surface area contributed by atoms with Gasteiger partial charge in [-0.05, 0) is 32.4 Å². The van der Waals surface area contributed by atoms with E-state index in [1.807, 2.05) is 37.6 Å². The van der Waals surface area contributed by atoms with Crippen molar-refractivity contribution in [2.45, 2.75) is 33.9 Å². The molecule has 0 aliphatic rings. The smallest absolute Gasteiger partial charge is 0.153 e. The van der Waals surface area contributed by atoms with Crippen molar-refractivity contribution in [3.63, 3.8) is 0 Å². The summed E-state index contributed by atoms with van der Waals surface area (Å²) in [6, 6.07) is 5.48.